The van der Waals surface area contributed by atoms with Gasteiger partial charge in [-0.3, -0.25) is 20.2 Å². The van der Waals surface area contributed by atoms with Crippen LogP contribution in [0.1, 0.15) is 37.0 Å². The van der Waals surface area contributed by atoms with Gasteiger partial charge in [-0.15, -0.1) is 0 Å². The van der Waals surface area contributed by atoms with Crippen molar-refractivity contribution in [1.82, 2.24) is 10.1 Å². The molecule has 2 aromatic heterocycles. The molecule has 0 radical (unpaired) electrons. The highest BCUT2D eigenvalue weighted by atomic mass is 79.9. The Labute approximate surface area is 134 Å². The average molecular weight is 369 g/mol. The van der Waals surface area contributed by atoms with Gasteiger partial charge in [0.25, 0.3) is 5.91 Å². The van der Waals surface area contributed by atoms with E-state index in [0.717, 1.165) is 0 Å². The lowest BCUT2D eigenvalue weighted by molar-refractivity contribution is -0.384. The van der Waals surface area contributed by atoms with Crippen molar-refractivity contribution in [2.24, 2.45) is 0 Å². The first-order valence-corrected chi connectivity index (χ1v) is 7.07. The molecule has 0 spiro atoms. The van der Waals surface area contributed by atoms with E-state index >= 15 is 0 Å². The lowest BCUT2D eigenvalue weighted by atomic mass is 9.92. The minimum atomic E-state index is -0.656. The number of hydrogen-bond acceptors (Lipinski definition) is 6. The van der Waals surface area contributed by atoms with Crippen LogP contribution in [0.2, 0.25) is 0 Å². The largest absolute Gasteiger partial charge is 0.351 e. The zero-order valence-corrected chi connectivity index (χ0v) is 13.7. The Bertz CT molecular complexity index is 736. The maximum atomic E-state index is 12.1. The maximum absolute atomic E-state index is 12.1. The van der Waals surface area contributed by atoms with Crippen molar-refractivity contribution in [3.8, 4) is 0 Å². The molecule has 2 aromatic rings. The van der Waals surface area contributed by atoms with E-state index in [1.165, 1.54) is 18.2 Å². The summed E-state index contributed by atoms with van der Waals surface area (Å²) >= 11 is 3.10. The summed E-state index contributed by atoms with van der Waals surface area (Å²) in [7, 11) is 0. The monoisotopic (exact) mass is 368 g/mol. The number of halogens is 1. The Morgan fingerprint density at radius 2 is 2.09 bits per heavy atom. The summed E-state index contributed by atoms with van der Waals surface area (Å²) in [5.74, 6) is -0.865. The van der Waals surface area contributed by atoms with Gasteiger partial charge in [0.15, 0.2) is 0 Å². The van der Waals surface area contributed by atoms with Crippen molar-refractivity contribution in [3.63, 3.8) is 0 Å². The average Bonchev–Trinajstić information content (AvgIpc) is 2.87. The first-order chi connectivity index (χ1) is 10.2. The number of nitro groups is 1. The molecule has 8 nitrogen and oxygen atoms in total. The summed E-state index contributed by atoms with van der Waals surface area (Å²) in [4.78, 5) is 26.3. The summed E-state index contributed by atoms with van der Waals surface area (Å²) in [5, 5.41) is 17.1. The highest BCUT2D eigenvalue weighted by molar-refractivity contribution is 9.10. The van der Waals surface area contributed by atoms with Crippen LogP contribution >= 0.6 is 15.9 Å². The molecule has 22 heavy (non-hydrogen) atoms. The molecule has 0 aliphatic rings. The molecule has 0 bridgehead atoms. The third-order valence-corrected chi connectivity index (χ3v) is 3.21. The number of aromatic nitrogens is 2. The van der Waals surface area contributed by atoms with Crippen molar-refractivity contribution in [3.05, 3.63) is 44.4 Å². The van der Waals surface area contributed by atoms with E-state index in [4.69, 9.17) is 4.52 Å². The van der Waals surface area contributed by atoms with Crippen LogP contribution in [0.25, 0.3) is 0 Å². The summed E-state index contributed by atoms with van der Waals surface area (Å²) in [6.07, 6.45) is 0. The Morgan fingerprint density at radius 3 is 2.64 bits per heavy atom. The second-order valence-electron chi connectivity index (χ2n) is 5.54. The van der Waals surface area contributed by atoms with E-state index in [-0.39, 0.29) is 22.7 Å². The fourth-order valence-corrected chi connectivity index (χ4v) is 1.88. The fraction of sp³-hybridized carbons (Fsp3) is 0.308. The van der Waals surface area contributed by atoms with Crippen LogP contribution in [0.3, 0.4) is 0 Å². The van der Waals surface area contributed by atoms with Gasteiger partial charge in [-0.25, -0.2) is 4.98 Å². The predicted octanol–water partition coefficient (Wildman–Crippen LogP) is 3.29. The van der Waals surface area contributed by atoms with Crippen LogP contribution in [0, 0.1) is 10.1 Å². The number of rotatable bonds is 3. The minimum Gasteiger partial charge on any atom is -0.351 e. The number of amides is 1. The Hall–Kier alpha value is -2.29. The molecule has 2 rings (SSSR count). The number of anilines is 1. The van der Waals surface area contributed by atoms with Crippen LogP contribution in [-0.2, 0) is 5.41 Å². The first kappa shape index (κ1) is 16.1. The molecule has 0 saturated heterocycles. The van der Waals surface area contributed by atoms with Crippen LogP contribution in [0.15, 0.2) is 27.3 Å². The summed E-state index contributed by atoms with van der Waals surface area (Å²) in [6.45, 7) is 5.77. The standard InChI is InChI=1S/C13H13BrN4O4/c1-13(2,3)9-6-8(22-17-9)12(19)16-11-7(18(20)21)4-5-10(14)15-11/h4-6H,1-3H3,(H,15,16,19). The van der Waals surface area contributed by atoms with Gasteiger partial charge in [0.05, 0.1) is 10.6 Å². The third-order valence-electron chi connectivity index (χ3n) is 2.77. The summed E-state index contributed by atoms with van der Waals surface area (Å²) in [5.41, 5.74) is 0.0173. The molecular weight excluding hydrogens is 356 g/mol. The second kappa shape index (κ2) is 5.84. The number of nitrogens with zero attached hydrogens (tertiary/aromatic N) is 3. The van der Waals surface area contributed by atoms with Gasteiger partial charge < -0.3 is 4.52 Å². The molecule has 0 aromatic carbocycles. The van der Waals surface area contributed by atoms with Gasteiger partial charge in [-0.05, 0) is 22.0 Å². The van der Waals surface area contributed by atoms with E-state index in [1.807, 2.05) is 20.8 Å². The van der Waals surface area contributed by atoms with Gasteiger partial charge in [0.2, 0.25) is 11.6 Å². The third kappa shape index (κ3) is 3.48. The van der Waals surface area contributed by atoms with Gasteiger partial charge in [0.1, 0.15) is 4.60 Å². The molecular formula is C13H13BrN4O4. The first-order valence-electron chi connectivity index (χ1n) is 6.28. The topological polar surface area (TPSA) is 111 Å². The van der Waals surface area contributed by atoms with Gasteiger partial charge in [-0.2, -0.15) is 0 Å². The number of carbonyl (C=O) groups excluding carboxylic acids is 1. The van der Waals surface area contributed by atoms with Gasteiger partial charge in [-0.1, -0.05) is 25.9 Å². The van der Waals surface area contributed by atoms with Crippen molar-refractivity contribution in [1.29, 1.82) is 0 Å². The zero-order chi connectivity index (χ0) is 16.5. The van der Waals surface area contributed by atoms with Crippen LogP contribution < -0.4 is 5.32 Å². The van der Waals surface area contributed by atoms with Gasteiger partial charge in [0, 0.05) is 17.5 Å². The number of pyridine rings is 1. The van der Waals surface area contributed by atoms with Crippen molar-refractivity contribution < 1.29 is 14.2 Å². The quantitative estimate of drug-likeness (QED) is 0.505. The van der Waals surface area contributed by atoms with Crippen molar-refractivity contribution >= 4 is 33.3 Å². The SMILES string of the molecule is CC(C)(C)c1cc(C(=O)Nc2nc(Br)ccc2[N+](=O)[O-])on1. The molecule has 0 atom stereocenters. The molecule has 0 aliphatic heterocycles. The second-order valence-corrected chi connectivity index (χ2v) is 6.35. The molecule has 9 heteroatoms. The molecule has 0 unspecified atom stereocenters. The highest BCUT2D eigenvalue weighted by Gasteiger charge is 2.24. The molecule has 2 heterocycles. The van der Waals surface area contributed by atoms with Crippen molar-refractivity contribution in [2.45, 2.75) is 26.2 Å². The lowest BCUT2D eigenvalue weighted by Gasteiger charge is -2.12. The van der Waals surface area contributed by atoms with E-state index < -0.39 is 10.8 Å². The molecule has 0 aliphatic carbocycles. The molecule has 116 valence electrons. The predicted molar refractivity (Wildman–Crippen MR) is 81.7 cm³/mol. The van der Waals surface area contributed by atoms with E-state index in [9.17, 15) is 14.9 Å². The summed E-state index contributed by atoms with van der Waals surface area (Å²) < 4.78 is 5.35. The highest BCUT2D eigenvalue weighted by Crippen LogP contribution is 2.26. The molecule has 1 N–H and O–H groups in total. The summed E-state index contributed by atoms with van der Waals surface area (Å²) in [6, 6.07) is 4.16. The fourth-order valence-electron chi connectivity index (χ4n) is 1.57. The number of carbonyl (C=O) groups is 1. The van der Waals surface area contributed by atoms with Crippen LogP contribution in [-0.4, -0.2) is 21.0 Å². The molecule has 1 amide bonds. The van der Waals surface area contributed by atoms with E-state index in [0.29, 0.717) is 10.3 Å². The lowest BCUT2D eigenvalue weighted by Crippen LogP contribution is -2.14. The normalized spacial score (nSPS) is 11.3. The van der Waals surface area contributed by atoms with E-state index in [1.54, 1.807) is 0 Å². The zero-order valence-electron chi connectivity index (χ0n) is 12.1. The van der Waals surface area contributed by atoms with Crippen LogP contribution in [0.4, 0.5) is 11.5 Å². The Balaban J connectivity index is 2.28. The number of hydrogen-bond donors (Lipinski definition) is 1. The Morgan fingerprint density at radius 1 is 1.41 bits per heavy atom. The Kier molecular flexibility index (Phi) is 4.27. The van der Waals surface area contributed by atoms with Gasteiger partial charge >= 0.3 is 5.69 Å². The maximum Gasteiger partial charge on any atom is 0.311 e. The molecule has 0 saturated carbocycles. The van der Waals surface area contributed by atoms with Crippen LogP contribution in [0.5, 0.6) is 0 Å². The van der Waals surface area contributed by atoms with Crippen molar-refractivity contribution in [2.75, 3.05) is 5.32 Å². The molecule has 0 fully saturated rings. The number of nitrogens with one attached hydrogen (secondary N) is 1. The van der Waals surface area contributed by atoms with E-state index in [2.05, 4.69) is 31.4 Å². The smallest absolute Gasteiger partial charge is 0.311 e. The minimum absolute atomic E-state index is 0.0407.